The van der Waals surface area contributed by atoms with E-state index >= 15 is 0 Å². The van der Waals surface area contributed by atoms with E-state index < -0.39 is 0 Å². The summed E-state index contributed by atoms with van der Waals surface area (Å²) < 4.78 is 5.19. The van der Waals surface area contributed by atoms with Gasteiger partial charge in [0.15, 0.2) is 13.1 Å². The van der Waals surface area contributed by atoms with Crippen molar-refractivity contribution in [3.63, 3.8) is 0 Å². The number of methoxy groups -OCH3 is 1. The van der Waals surface area contributed by atoms with Crippen molar-refractivity contribution < 1.29 is 19.2 Å². The van der Waals surface area contributed by atoms with Gasteiger partial charge in [0.25, 0.3) is 11.8 Å². The molecule has 0 bridgehead atoms. The minimum Gasteiger partial charge on any atom is -0.495 e. The fourth-order valence-electron chi connectivity index (χ4n) is 2.05. The van der Waals surface area contributed by atoms with E-state index in [0.29, 0.717) is 22.4 Å². The minimum absolute atomic E-state index is 0.0677. The van der Waals surface area contributed by atoms with Crippen molar-refractivity contribution in [2.24, 2.45) is 5.92 Å². The molecular formula is C17H27ClN3O3+. The van der Waals surface area contributed by atoms with Gasteiger partial charge in [-0.25, -0.2) is 0 Å². The van der Waals surface area contributed by atoms with Crippen LogP contribution in [0.1, 0.15) is 20.8 Å². The summed E-state index contributed by atoms with van der Waals surface area (Å²) in [6, 6.07) is 5.11. The number of hydrogen-bond acceptors (Lipinski definition) is 3. The smallest absolute Gasteiger partial charge is 0.279 e. The number of carbonyl (C=O) groups is 2. The minimum atomic E-state index is -0.210. The lowest BCUT2D eigenvalue weighted by Gasteiger charge is -2.19. The van der Waals surface area contributed by atoms with Crippen molar-refractivity contribution >= 4 is 29.1 Å². The summed E-state index contributed by atoms with van der Waals surface area (Å²) >= 11 is 5.94. The van der Waals surface area contributed by atoms with Crippen LogP contribution in [-0.2, 0) is 9.59 Å². The largest absolute Gasteiger partial charge is 0.495 e. The number of anilines is 1. The molecule has 6 nitrogen and oxygen atoms in total. The summed E-state index contributed by atoms with van der Waals surface area (Å²) in [5.74, 6) is 0.626. The van der Waals surface area contributed by atoms with Gasteiger partial charge in [-0.2, -0.15) is 0 Å². The summed E-state index contributed by atoms with van der Waals surface area (Å²) in [4.78, 5) is 24.9. The first kappa shape index (κ1) is 20.3. The van der Waals surface area contributed by atoms with Crippen LogP contribution in [-0.4, -0.2) is 45.1 Å². The van der Waals surface area contributed by atoms with E-state index in [9.17, 15) is 9.59 Å². The van der Waals surface area contributed by atoms with Crippen LogP contribution in [0.4, 0.5) is 5.69 Å². The molecule has 0 radical (unpaired) electrons. The first-order valence-corrected chi connectivity index (χ1v) is 8.34. The number of likely N-dealkylation sites (N-methyl/N-ethyl adjacent to an activating group) is 1. The van der Waals surface area contributed by atoms with E-state index in [1.54, 1.807) is 25.2 Å². The van der Waals surface area contributed by atoms with Gasteiger partial charge < -0.3 is 20.3 Å². The number of nitrogens with one attached hydrogen (secondary N) is 3. The van der Waals surface area contributed by atoms with E-state index in [1.807, 2.05) is 20.8 Å². The van der Waals surface area contributed by atoms with E-state index in [1.165, 1.54) is 7.11 Å². The SMILES string of the molecule is COc1ccc(Cl)cc1NC(=O)C[NH+](C)CC(=O)N[C@H](C)C(C)C. The number of carbonyl (C=O) groups excluding carboxylic acids is 2. The highest BCUT2D eigenvalue weighted by molar-refractivity contribution is 6.31. The van der Waals surface area contributed by atoms with Gasteiger partial charge >= 0.3 is 0 Å². The summed E-state index contributed by atoms with van der Waals surface area (Å²) in [5, 5.41) is 6.20. The Kier molecular flexibility index (Phi) is 8.01. The zero-order chi connectivity index (χ0) is 18.3. The maximum atomic E-state index is 12.2. The first-order valence-electron chi connectivity index (χ1n) is 7.97. The van der Waals surface area contributed by atoms with E-state index in [0.717, 1.165) is 4.90 Å². The summed E-state index contributed by atoms with van der Waals surface area (Å²) in [5.41, 5.74) is 0.515. The molecule has 3 N–H and O–H groups in total. The Morgan fingerprint density at radius 3 is 2.42 bits per heavy atom. The number of amides is 2. The van der Waals surface area contributed by atoms with Gasteiger partial charge in [0.2, 0.25) is 0 Å². The molecule has 1 aromatic carbocycles. The molecule has 1 unspecified atom stereocenters. The number of ether oxygens (including phenoxy) is 1. The van der Waals surface area contributed by atoms with Crippen LogP contribution in [0.5, 0.6) is 5.75 Å². The molecule has 0 saturated carbocycles. The highest BCUT2D eigenvalue weighted by atomic mass is 35.5. The van der Waals surface area contributed by atoms with Crippen molar-refractivity contribution in [2.45, 2.75) is 26.8 Å². The highest BCUT2D eigenvalue weighted by Crippen LogP contribution is 2.27. The molecule has 0 aliphatic rings. The number of hydrogen-bond donors (Lipinski definition) is 3. The highest BCUT2D eigenvalue weighted by Gasteiger charge is 2.18. The van der Waals surface area contributed by atoms with E-state index in [4.69, 9.17) is 16.3 Å². The fourth-order valence-corrected chi connectivity index (χ4v) is 2.23. The van der Waals surface area contributed by atoms with Crippen LogP contribution in [0.3, 0.4) is 0 Å². The van der Waals surface area contributed by atoms with Crippen molar-refractivity contribution in [1.82, 2.24) is 5.32 Å². The van der Waals surface area contributed by atoms with E-state index in [2.05, 4.69) is 10.6 Å². The lowest BCUT2D eigenvalue weighted by molar-refractivity contribution is -0.862. The standard InChI is InChI=1S/C17H26ClN3O3/c1-11(2)12(3)19-16(22)9-21(4)10-17(23)20-14-8-13(18)6-7-15(14)24-5/h6-8,11-12H,9-10H2,1-5H3,(H,19,22)(H,20,23)/p+1/t12-/m1/s1. The Bertz CT molecular complexity index is 578. The molecule has 0 fully saturated rings. The maximum absolute atomic E-state index is 12.2. The van der Waals surface area contributed by atoms with E-state index in [-0.39, 0.29) is 30.9 Å². The molecule has 24 heavy (non-hydrogen) atoms. The van der Waals surface area contributed by atoms with Crippen molar-refractivity contribution in [3.8, 4) is 5.75 Å². The Hall–Kier alpha value is -1.79. The molecule has 0 aliphatic carbocycles. The fraction of sp³-hybridized carbons (Fsp3) is 0.529. The molecule has 2 amide bonds. The first-order chi connectivity index (χ1) is 11.2. The zero-order valence-electron chi connectivity index (χ0n) is 14.9. The number of rotatable bonds is 8. The normalized spacial score (nSPS) is 13.3. The van der Waals surface area contributed by atoms with Gasteiger partial charge in [-0.1, -0.05) is 25.4 Å². The zero-order valence-corrected chi connectivity index (χ0v) is 15.7. The predicted octanol–water partition coefficient (Wildman–Crippen LogP) is 0.963. The third kappa shape index (κ3) is 6.76. The quantitative estimate of drug-likeness (QED) is 0.649. The Morgan fingerprint density at radius 2 is 1.83 bits per heavy atom. The maximum Gasteiger partial charge on any atom is 0.279 e. The lowest BCUT2D eigenvalue weighted by atomic mass is 10.1. The lowest BCUT2D eigenvalue weighted by Crippen LogP contribution is -3.11. The molecule has 0 aliphatic heterocycles. The Balaban J connectivity index is 2.53. The van der Waals surface area contributed by atoms with Crippen LogP contribution < -0.4 is 20.3 Å². The third-order valence-corrected chi connectivity index (χ3v) is 3.98. The molecule has 0 spiro atoms. The van der Waals surface area contributed by atoms with Crippen molar-refractivity contribution in [2.75, 3.05) is 32.6 Å². The van der Waals surface area contributed by atoms with Crippen LogP contribution in [0, 0.1) is 5.92 Å². The number of halogens is 1. The van der Waals surface area contributed by atoms with Gasteiger partial charge in [0.1, 0.15) is 5.75 Å². The summed E-state index contributed by atoms with van der Waals surface area (Å²) in [6.45, 7) is 6.47. The van der Waals surface area contributed by atoms with Crippen molar-refractivity contribution in [3.05, 3.63) is 23.2 Å². The number of quaternary nitrogens is 1. The van der Waals surface area contributed by atoms with Gasteiger partial charge in [0, 0.05) is 11.1 Å². The molecule has 1 aromatic rings. The molecule has 0 aromatic heterocycles. The van der Waals surface area contributed by atoms with Gasteiger partial charge in [-0.15, -0.1) is 0 Å². The van der Waals surface area contributed by atoms with Crippen LogP contribution >= 0.6 is 11.6 Å². The van der Waals surface area contributed by atoms with Crippen LogP contribution in [0.15, 0.2) is 18.2 Å². The average Bonchev–Trinajstić information content (AvgIpc) is 2.46. The molecule has 1 rings (SSSR count). The second-order valence-corrected chi connectivity index (χ2v) is 6.74. The van der Waals surface area contributed by atoms with Crippen LogP contribution in [0.25, 0.3) is 0 Å². The second-order valence-electron chi connectivity index (χ2n) is 6.30. The van der Waals surface area contributed by atoms with Gasteiger partial charge in [-0.3, -0.25) is 9.59 Å². The van der Waals surface area contributed by atoms with Gasteiger partial charge in [-0.05, 0) is 31.0 Å². The second kappa shape index (κ2) is 9.49. The van der Waals surface area contributed by atoms with Crippen molar-refractivity contribution in [1.29, 1.82) is 0 Å². The molecule has 2 atom stereocenters. The Labute approximate surface area is 148 Å². The summed E-state index contributed by atoms with van der Waals surface area (Å²) in [6.07, 6.45) is 0. The molecule has 7 heteroatoms. The number of benzene rings is 1. The van der Waals surface area contributed by atoms with Crippen LogP contribution in [0.2, 0.25) is 5.02 Å². The molecule has 0 heterocycles. The molecular weight excluding hydrogens is 330 g/mol. The topological polar surface area (TPSA) is 71.9 Å². The molecule has 134 valence electrons. The third-order valence-electron chi connectivity index (χ3n) is 3.75. The molecule has 0 saturated heterocycles. The van der Waals surface area contributed by atoms with Gasteiger partial charge in [0.05, 0.1) is 19.8 Å². The Morgan fingerprint density at radius 1 is 1.21 bits per heavy atom. The predicted molar refractivity (Wildman–Crippen MR) is 95.7 cm³/mol. The average molecular weight is 357 g/mol. The monoisotopic (exact) mass is 356 g/mol. The summed E-state index contributed by atoms with van der Waals surface area (Å²) in [7, 11) is 3.32.